The zero-order chi connectivity index (χ0) is 9.19. The van der Waals surface area contributed by atoms with Crippen LogP contribution in [0, 0.1) is 5.92 Å². The van der Waals surface area contributed by atoms with Crippen LogP contribution in [0.25, 0.3) is 0 Å². The van der Waals surface area contributed by atoms with Crippen molar-refractivity contribution in [3.05, 3.63) is 0 Å². The topological polar surface area (TPSA) is 46.2 Å². The summed E-state index contributed by atoms with van der Waals surface area (Å²) >= 11 is 0. The first-order chi connectivity index (χ1) is 5.49. The Morgan fingerprint density at radius 3 is 2.50 bits per heavy atom. The molecule has 0 aliphatic heterocycles. The van der Waals surface area contributed by atoms with Crippen molar-refractivity contribution in [2.45, 2.75) is 25.8 Å². The van der Waals surface area contributed by atoms with Crippen molar-refractivity contribution < 1.29 is 8.42 Å². The van der Waals surface area contributed by atoms with Crippen LogP contribution in [-0.2, 0) is 9.84 Å². The lowest BCUT2D eigenvalue weighted by atomic mass is 10.4. The number of hydrogen-bond donors (Lipinski definition) is 1. The Bertz CT molecular complexity index is 235. The maximum absolute atomic E-state index is 10.7. The molecule has 1 fully saturated rings. The lowest BCUT2D eigenvalue weighted by molar-refractivity contribution is 0.591. The molecule has 0 spiro atoms. The van der Waals surface area contributed by atoms with E-state index in [0.717, 1.165) is 18.9 Å². The van der Waals surface area contributed by atoms with Crippen molar-refractivity contribution >= 4 is 9.84 Å². The molecule has 0 aromatic rings. The summed E-state index contributed by atoms with van der Waals surface area (Å²) in [5, 5.41) is 3.31. The highest BCUT2D eigenvalue weighted by atomic mass is 32.2. The van der Waals surface area contributed by atoms with Gasteiger partial charge in [-0.2, -0.15) is 0 Å². The Morgan fingerprint density at radius 1 is 1.50 bits per heavy atom. The summed E-state index contributed by atoms with van der Waals surface area (Å²) in [5.41, 5.74) is 0. The average Bonchev–Trinajstić information content (AvgIpc) is 2.57. The highest BCUT2D eigenvalue weighted by Crippen LogP contribution is 2.28. The Kier molecular flexibility index (Phi) is 3.12. The Balaban J connectivity index is 1.97. The monoisotopic (exact) mass is 191 g/mol. The summed E-state index contributed by atoms with van der Waals surface area (Å²) in [7, 11) is -2.76. The van der Waals surface area contributed by atoms with Crippen LogP contribution in [0.1, 0.15) is 19.8 Å². The molecule has 12 heavy (non-hydrogen) atoms. The quantitative estimate of drug-likeness (QED) is 0.641. The van der Waals surface area contributed by atoms with E-state index in [1.54, 1.807) is 0 Å². The Morgan fingerprint density at radius 2 is 2.08 bits per heavy atom. The van der Waals surface area contributed by atoms with Crippen LogP contribution < -0.4 is 5.32 Å². The normalized spacial score (nSPS) is 28.8. The van der Waals surface area contributed by atoms with Gasteiger partial charge in [-0.3, -0.25) is 0 Å². The molecule has 0 aromatic heterocycles. The molecule has 2 unspecified atom stereocenters. The molecule has 1 N–H and O–H groups in total. The van der Waals surface area contributed by atoms with Crippen LogP contribution in [0.15, 0.2) is 0 Å². The number of sulfone groups is 1. The second-order valence-corrected chi connectivity index (χ2v) is 6.02. The van der Waals surface area contributed by atoms with E-state index in [1.165, 1.54) is 12.7 Å². The molecule has 2 atom stereocenters. The van der Waals surface area contributed by atoms with Gasteiger partial charge in [-0.1, -0.05) is 6.92 Å². The summed E-state index contributed by atoms with van der Waals surface area (Å²) in [5.74, 6) is 1.10. The van der Waals surface area contributed by atoms with E-state index in [9.17, 15) is 8.42 Å². The minimum absolute atomic E-state index is 0.307. The smallest absolute Gasteiger partial charge is 0.147 e. The second kappa shape index (κ2) is 3.75. The molecule has 0 bridgehead atoms. The average molecular weight is 191 g/mol. The molecule has 0 heterocycles. The number of nitrogens with one attached hydrogen (secondary N) is 1. The molecule has 1 saturated carbocycles. The number of rotatable bonds is 5. The number of hydrogen-bond acceptors (Lipinski definition) is 3. The standard InChI is InChI=1S/C8H17NO2S/c1-7-6-8(7)9-4-3-5-12(2,10)11/h7-9H,3-6H2,1-2H3. The van der Waals surface area contributed by atoms with Gasteiger partial charge in [0.2, 0.25) is 0 Å². The fourth-order valence-corrected chi connectivity index (χ4v) is 1.90. The van der Waals surface area contributed by atoms with Crippen molar-refractivity contribution in [1.29, 1.82) is 0 Å². The predicted molar refractivity (Wildman–Crippen MR) is 49.9 cm³/mol. The van der Waals surface area contributed by atoms with Gasteiger partial charge in [0.15, 0.2) is 0 Å². The van der Waals surface area contributed by atoms with Gasteiger partial charge in [0.25, 0.3) is 0 Å². The second-order valence-electron chi connectivity index (χ2n) is 3.76. The van der Waals surface area contributed by atoms with Crippen LogP contribution in [0.3, 0.4) is 0 Å². The third-order valence-electron chi connectivity index (χ3n) is 2.21. The molecule has 1 aliphatic carbocycles. The maximum atomic E-state index is 10.7. The Hall–Kier alpha value is -0.0900. The van der Waals surface area contributed by atoms with Crippen molar-refractivity contribution in [2.24, 2.45) is 5.92 Å². The SMILES string of the molecule is CC1CC1NCCCS(C)(=O)=O. The summed E-state index contributed by atoms with van der Waals surface area (Å²) in [6.07, 6.45) is 3.27. The van der Waals surface area contributed by atoms with E-state index in [2.05, 4.69) is 12.2 Å². The summed E-state index contributed by atoms with van der Waals surface area (Å²) in [6, 6.07) is 0.657. The highest BCUT2D eigenvalue weighted by molar-refractivity contribution is 7.90. The van der Waals surface area contributed by atoms with Gasteiger partial charge in [-0.25, -0.2) is 8.42 Å². The van der Waals surface area contributed by atoms with Crippen LogP contribution >= 0.6 is 0 Å². The Labute approximate surface area is 74.5 Å². The lowest BCUT2D eigenvalue weighted by Crippen LogP contribution is -2.21. The minimum atomic E-state index is -2.76. The van der Waals surface area contributed by atoms with Crippen molar-refractivity contribution in [3.63, 3.8) is 0 Å². The minimum Gasteiger partial charge on any atom is -0.314 e. The molecular formula is C8H17NO2S. The third kappa shape index (κ3) is 4.07. The summed E-state index contributed by atoms with van der Waals surface area (Å²) in [4.78, 5) is 0. The highest BCUT2D eigenvalue weighted by Gasteiger charge is 2.31. The molecule has 4 heteroatoms. The molecule has 0 aromatic carbocycles. The van der Waals surface area contributed by atoms with Crippen LogP contribution in [0.2, 0.25) is 0 Å². The molecule has 1 rings (SSSR count). The van der Waals surface area contributed by atoms with Crippen molar-refractivity contribution in [1.82, 2.24) is 5.32 Å². The van der Waals surface area contributed by atoms with Crippen LogP contribution in [0.4, 0.5) is 0 Å². The van der Waals surface area contributed by atoms with Gasteiger partial charge < -0.3 is 5.32 Å². The van der Waals surface area contributed by atoms with E-state index in [4.69, 9.17) is 0 Å². The van der Waals surface area contributed by atoms with Gasteiger partial charge in [0.05, 0.1) is 5.75 Å². The molecule has 3 nitrogen and oxygen atoms in total. The van der Waals surface area contributed by atoms with Crippen LogP contribution in [0.5, 0.6) is 0 Å². The van der Waals surface area contributed by atoms with Crippen molar-refractivity contribution in [3.8, 4) is 0 Å². The predicted octanol–water partition coefficient (Wildman–Crippen LogP) is 0.419. The van der Waals surface area contributed by atoms with Crippen LogP contribution in [-0.4, -0.2) is 33.0 Å². The van der Waals surface area contributed by atoms with Gasteiger partial charge in [-0.05, 0) is 25.3 Å². The first-order valence-corrected chi connectivity index (χ1v) is 6.46. The maximum Gasteiger partial charge on any atom is 0.147 e. The molecular weight excluding hydrogens is 174 g/mol. The molecule has 0 amide bonds. The largest absolute Gasteiger partial charge is 0.314 e. The lowest BCUT2D eigenvalue weighted by Gasteiger charge is -2.01. The van der Waals surface area contributed by atoms with E-state index in [-0.39, 0.29) is 0 Å². The van der Waals surface area contributed by atoms with Gasteiger partial charge in [0, 0.05) is 12.3 Å². The summed E-state index contributed by atoms with van der Waals surface area (Å²) < 4.78 is 21.5. The van der Waals surface area contributed by atoms with Gasteiger partial charge >= 0.3 is 0 Å². The van der Waals surface area contributed by atoms with E-state index in [1.807, 2.05) is 0 Å². The molecule has 1 aliphatic rings. The summed E-state index contributed by atoms with van der Waals surface area (Å²) in [6.45, 7) is 3.04. The van der Waals surface area contributed by atoms with Gasteiger partial charge in [0.1, 0.15) is 9.84 Å². The van der Waals surface area contributed by atoms with E-state index >= 15 is 0 Å². The molecule has 72 valence electrons. The zero-order valence-electron chi connectivity index (χ0n) is 7.71. The first-order valence-electron chi connectivity index (χ1n) is 4.40. The fourth-order valence-electron chi connectivity index (χ4n) is 1.23. The fraction of sp³-hybridized carbons (Fsp3) is 1.00. The molecule has 0 radical (unpaired) electrons. The molecule has 0 saturated heterocycles. The first kappa shape index (κ1) is 9.99. The zero-order valence-corrected chi connectivity index (χ0v) is 8.52. The van der Waals surface area contributed by atoms with E-state index in [0.29, 0.717) is 11.8 Å². The van der Waals surface area contributed by atoms with Gasteiger partial charge in [-0.15, -0.1) is 0 Å². The third-order valence-corrected chi connectivity index (χ3v) is 3.24. The van der Waals surface area contributed by atoms with E-state index < -0.39 is 9.84 Å². The van der Waals surface area contributed by atoms with Crippen molar-refractivity contribution in [2.75, 3.05) is 18.6 Å².